The number of amides is 1. The molecule has 0 heterocycles. The minimum absolute atomic E-state index is 0.0228. The normalized spacial score (nSPS) is 12.7. The van der Waals surface area contributed by atoms with Crippen LogP contribution in [-0.4, -0.2) is 47.4 Å². The van der Waals surface area contributed by atoms with Crippen LogP contribution in [0.4, 0.5) is 0 Å². The Labute approximate surface area is 424 Å². The van der Waals surface area contributed by atoms with Crippen LogP contribution in [0.5, 0.6) is 0 Å². The zero-order valence-electron chi connectivity index (χ0n) is 45.9. The van der Waals surface area contributed by atoms with E-state index in [9.17, 15) is 19.8 Å². The SMILES string of the molecule is CCCC/C=C\C/C=C\CCCCCCCC(=O)OCCCCCCCCCCCCCCC(=O)NC(CO)C(O)CCCCCCCCCCCCCCCCCCCCCCCCCCC. The minimum Gasteiger partial charge on any atom is -0.466 e. The molecule has 0 aromatic rings. The van der Waals surface area contributed by atoms with Crippen molar-refractivity contribution in [3.8, 4) is 0 Å². The summed E-state index contributed by atoms with van der Waals surface area (Å²) in [4.78, 5) is 24.6. The van der Waals surface area contributed by atoms with Gasteiger partial charge in [0.25, 0.3) is 0 Å². The second kappa shape index (κ2) is 57.9. The molecule has 68 heavy (non-hydrogen) atoms. The number of rotatable bonds is 57. The van der Waals surface area contributed by atoms with Crippen LogP contribution in [0.25, 0.3) is 0 Å². The van der Waals surface area contributed by atoms with Crippen molar-refractivity contribution >= 4 is 11.9 Å². The highest BCUT2D eigenvalue weighted by atomic mass is 16.5. The Balaban J connectivity index is 3.45. The molecule has 6 heteroatoms. The lowest BCUT2D eigenvalue weighted by molar-refractivity contribution is -0.143. The van der Waals surface area contributed by atoms with E-state index in [4.69, 9.17) is 4.74 Å². The number of aliphatic hydroxyl groups excluding tert-OH is 2. The molecule has 6 nitrogen and oxygen atoms in total. The molecule has 402 valence electrons. The van der Waals surface area contributed by atoms with Crippen molar-refractivity contribution in [1.29, 1.82) is 0 Å². The summed E-state index contributed by atoms with van der Waals surface area (Å²) in [6.07, 6.45) is 70.3. The number of aliphatic hydroxyl groups is 2. The van der Waals surface area contributed by atoms with Crippen LogP contribution in [0.15, 0.2) is 24.3 Å². The van der Waals surface area contributed by atoms with Gasteiger partial charge in [0, 0.05) is 12.8 Å². The summed E-state index contributed by atoms with van der Waals surface area (Å²) in [5.41, 5.74) is 0. The van der Waals surface area contributed by atoms with E-state index in [0.717, 1.165) is 70.6 Å². The first-order valence-corrected chi connectivity index (χ1v) is 30.6. The summed E-state index contributed by atoms with van der Waals surface area (Å²) < 4.78 is 5.46. The van der Waals surface area contributed by atoms with Crippen LogP contribution >= 0.6 is 0 Å². The zero-order valence-corrected chi connectivity index (χ0v) is 45.9. The van der Waals surface area contributed by atoms with Gasteiger partial charge in [-0.05, 0) is 51.4 Å². The van der Waals surface area contributed by atoms with Crippen LogP contribution in [0.3, 0.4) is 0 Å². The molecule has 0 saturated heterocycles. The predicted molar refractivity (Wildman–Crippen MR) is 296 cm³/mol. The lowest BCUT2D eigenvalue weighted by Crippen LogP contribution is -2.45. The summed E-state index contributed by atoms with van der Waals surface area (Å²) in [5.74, 6) is -0.0706. The Hall–Kier alpha value is -1.66. The lowest BCUT2D eigenvalue weighted by Gasteiger charge is -2.22. The summed E-state index contributed by atoms with van der Waals surface area (Å²) in [5, 5.41) is 23.4. The molecule has 0 fully saturated rings. The molecule has 0 aliphatic heterocycles. The monoisotopic (exact) mass is 958 g/mol. The number of hydrogen-bond donors (Lipinski definition) is 3. The Bertz CT molecular complexity index is 1060. The molecule has 0 rings (SSSR count). The van der Waals surface area contributed by atoms with Crippen LogP contribution in [0, 0.1) is 0 Å². The number of hydrogen-bond acceptors (Lipinski definition) is 5. The smallest absolute Gasteiger partial charge is 0.305 e. The number of allylic oxidation sites excluding steroid dienone is 4. The van der Waals surface area contributed by atoms with Gasteiger partial charge < -0.3 is 20.3 Å². The lowest BCUT2D eigenvalue weighted by atomic mass is 10.0. The summed E-state index contributed by atoms with van der Waals surface area (Å²) >= 11 is 0. The van der Waals surface area contributed by atoms with E-state index in [1.807, 2.05) is 0 Å². The van der Waals surface area contributed by atoms with Crippen molar-refractivity contribution in [3.05, 3.63) is 24.3 Å². The predicted octanol–water partition coefficient (Wildman–Crippen LogP) is 19.0. The largest absolute Gasteiger partial charge is 0.466 e. The highest BCUT2D eigenvalue weighted by Crippen LogP contribution is 2.18. The van der Waals surface area contributed by atoms with Crippen molar-refractivity contribution in [1.82, 2.24) is 5.32 Å². The van der Waals surface area contributed by atoms with Gasteiger partial charge in [0.1, 0.15) is 0 Å². The fraction of sp³-hybridized carbons (Fsp3) is 0.903. The molecule has 0 bridgehead atoms. The topological polar surface area (TPSA) is 95.9 Å². The van der Waals surface area contributed by atoms with Crippen LogP contribution in [0.2, 0.25) is 0 Å². The molecule has 1 amide bonds. The van der Waals surface area contributed by atoms with Gasteiger partial charge in [-0.3, -0.25) is 9.59 Å². The molecular weight excluding hydrogens is 839 g/mol. The van der Waals surface area contributed by atoms with Gasteiger partial charge in [-0.15, -0.1) is 0 Å². The van der Waals surface area contributed by atoms with Gasteiger partial charge in [-0.1, -0.05) is 295 Å². The Kier molecular flexibility index (Phi) is 56.5. The van der Waals surface area contributed by atoms with Crippen LogP contribution in [-0.2, 0) is 14.3 Å². The number of carbonyl (C=O) groups excluding carboxylic acids is 2. The first-order chi connectivity index (χ1) is 33.5. The van der Waals surface area contributed by atoms with Gasteiger partial charge in [0.2, 0.25) is 5.91 Å². The molecule has 2 atom stereocenters. The third-order valence-electron chi connectivity index (χ3n) is 14.3. The molecule has 0 aliphatic carbocycles. The van der Waals surface area contributed by atoms with E-state index < -0.39 is 12.1 Å². The van der Waals surface area contributed by atoms with E-state index in [0.29, 0.717) is 25.9 Å². The molecule has 2 unspecified atom stereocenters. The third-order valence-corrected chi connectivity index (χ3v) is 14.3. The van der Waals surface area contributed by atoms with Crippen molar-refractivity contribution in [2.45, 2.75) is 347 Å². The fourth-order valence-electron chi connectivity index (χ4n) is 9.54. The molecule has 0 aliphatic rings. The van der Waals surface area contributed by atoms with Gasteiger partial charge in [0.15, 0.2) is 0 Å². The average Bonchev–Trinajstić information content (AvgIpc) is 3.34. The third kappa shape index (κ3) is 53.7. The maximum absolute atomic E-state index is 12.5. The number of nitrogens with one attached hydrogen (secondary N) is 1. The van der Waals surface area contributed by atoms with E-state index in [-0.39, 0.29) is 18.5 Å². The second-order valence-electron chi connectivity index (χ2n) is 21.0. The van der Waals surface area contributed by atoms with E-state index in [1.54, 1.807) is 0 Å². The van der Waals surface area contributed by atoms with Gasteiger partial charge in [0.05, 0.1) is 25.4 Å². The molecule has 3 N–H and O–H groups in total. The van der Waals surface area contributed by atoms with Crippen LogP contribution in [0.1, 0.15) is 335 Å². The van der Waals surface area contributed by atoms with Crippen molar-refractivity contribution in [3.63, 3.8) is 0 Å². The zero-order chi connectivity index (χ0) is 49.3. The maximum Gasteiger partial charge on any atom is 0.305 e. The summed E-state index contributed by atoms with van der Waals surface area (Å²) in [6.45, 7) is 4.89. The number of carbonyl (C=O) groups is 2. The quantitative estimate of drug-likeness (QED) is 0.0321. The Morgan fingerprint density at radius 1 is 0.412 bits per heavy atom. The molecule has 0 aromatic heterocycles. The standard InChI is InChI=1S/C62H119NO5/c1-3-5-7-9-11-13-15-17-19-20-21-22-23-24-25-26-27-28-29-30-34-38-42-46-50-54-60(65)59(58-64)63-61(66)55-51-47-43-39-35-32-33-37-41-45-49-53-57-68-62(67)56-52-48-44-40-36-31-18-16-14-12-10-8-6-4-2/h10,12,16,18,59-60,64-65H,3-9,11,13-15,17,19-58H2,1-2H3,(H,63,66)/b12-10-,18-16-. The second-order valence-corrected chi connectivity index (χ2v) is 21.0. The Morgan fingerprint density at radius 2 is 0.750 bits per heavy atom. The van der Waals surface area contributed by atoms with Gasteiger partial charge in [-0.2, -0.15) is 0 Å². The van der Waals surface area contributed by atoms with Gasteiger partial charge >= 0.3 is 5.97 Å². The van der Waals surface area contributed by atoms with Gasteiger partial charge in [-0.25, -0.2) is 0 Å². The van der Waals surface area contributed by atoms with E-state index in [1.165, 1.54) is 231 Å². The molecular formula is C62H119NO5. The molecule has 0 spiro atoms. The summed E-state index contributed by atoms with van der Waals surface area (Å²) in [7, 11) is 0. The maximum atomic E-state index is 12.5. The molecule has 0 radical (unpaired) electrons. The first-order valence-electron chi connectivity index (χ1n) is 30.6. The average molecular weight is 959 g/mol. The van der Waals surface area contributed by atoms with Crippen molar-refractivity contribution in [2.75, 3.05) is 13.2 Å². The molecule has 0 aromatic carbocycles. The number of unbranched alkanes of at least 4 members (excludes halogenated alkanes) is 42. The summed E-state index contributed by atoms with van der Waals surface area (Å²) in [6, 6.07) is -0.555. The van der Waals surface area contributed by atoms with Crippen LogP contribution < -0.4 is 5.32 Å². The number of esters is 1. The first kappa shape index (κ1) is 66.3. The van der Waals surface area contributed by atoms with Crippen molar-refractivity contribution in [2.24, 2.45) is 0 Å². The van der Waals surface area contributed by atoms with Crippen molar-refractivity contribution < 1.29 is 24.5 Å². The highest BCUT2D eigenvalue weighted by molar-refractivity contribution is 5.76. The van der Waals surface area contributed by atoms with E-state index >= 15 is 0 Å². The highest BCUT2D eigenvalue weighted by Gasteiger charge is 2.20. The number of ether oxygens (including phenoxy) is 1. The van der Waals surface area contributed by atoms with E-state index in [2.05, 4.69) is 43.5 Å². The Morgan fingerprint density at radius 3 is 1.16 bits per heavy atom. The molecule has 0 saturated carbocycles. The minimum atomic E-state index is -0.677. The fourth-order valence-corrected chi connectivity index (χ4v) is 9.54.